The highest BCUT2D eigenvalue weighted by Crippen LogP contribution is 2.37. The summed E-state index contributed by atoms with van der Waals surface area (Å²) >= 11 is 4.62. The summed E-state index contributed by atoms with van der Waals surface area (Å²) in [5.74, 6) is -0.722. The van der Waals surface area contributed by atoms with Crippen LogP contribution in [0.5, 0.6) is 0 Å². The Labute approximate surface area is 205 Å². The molecule has 0 atom stereocenters. The van der Waals surface area contributed by atoms with Crippen molar-refractivity contribution in [2.45, 2.75) is 26.7 Å². The molecule has 0 saturated heterocycles. The Balaban J connectivity index is 1.92. The van der Waals surface area contributed by atoms with Gasteiger partial charge in [-0.2, -0.15) is 5.26 Å². The van der Waals surface area contributed by atoms with E-state index in [0.29, 0.717) is 16.5 Å². The lowest BCUT2D eigenvalue weighted by molar-refractivity contribution is -0.112. The fourth-order valence-corrected chi connectivity index (χ4v) is 4.38. The van der Waals surface area contributed by atoms with Crippen molar-refractivity contribution in [2.75, 3.05) is 11.9 Å². The number of nitriles is 1. The van der Waals surface area contributed by atoms with Gasteiger partial charge in [0.05, 0.1) is 6.61 Å². The zero-order valence-corrected chi connectivity index (χ0v) is 20.9. The third-order valence-electron chi connectivity index (χ3n) is 4.93. The number of benzene rings is 2. The van der Waals surface area contributed by atoms with E-state index >= 15 is 0 Å². The zero-order valence-electron chi connectivity index (χ0n) is 18.5. The van der Waals surface area contributed by atoms with Gasteiger partial charge in [-0.15, -0.1) is 11.3 Å². The summed E-state index contributed by atoms with van der Waals surface area (Å²) in [6, 6.07) is 17.2. The second kappa shape index (κ2) is 11.1. The molecular formula is C26H23BrN2O3S. The molecule has 3 rings (SSSR count). The number of rotatable bonds is 7. The van der Waals surface area contributed by atoms with Crippen molar-refractivity contribution in [3.05, 3.63) is 80.6 Å². The minimum absolute atomic E-state index is 0.0549. The minimum atomic E-state index is -0.583. The molecule has 33 heavy (non-hydrogen) atoms. The molecule has 0 fully saturated rings. The Kier molecular flexibility index (Phi) is 8.21. The van der Waals surface area contributed by atoms with E-state index in [0.717, 1.165) is 15.6 Å². The maximum absolute atomic E-state index is 12.9. The summed E-state index contributed by atoms with van der Waals surface area (Å²) in [5.41, 5.74) is 3.62. The summed E-state index contributed by atoms with van der Waals surface area (Å²) in [6.07, 6.45) is 1.53. The quantitative estimate of drug-likeness (QED) is 0.205. The molecule has 1 aromatic heterocycles. The van der Waals surface area contributed by atoms with E-state index < -0.39 is 11.9 Å². The third kappa shape index (κ3) is 5.98. The molecule has 0 unspecified atom stereocenters. The Hall–Kier alpha value is -3.21. The van der Waals surface area contributed by atoms with Gasteiger partial charge >= 0.3 is 5.97 Å². The first-order valence-corrected chi connectivity index (χ1v) is 12.1. The Morgan fingerprint density at radius 1 is 1.15 bits per heavy atom. The number of nitrogens with zero attached hydrogens (tertiary/aromatic N) is 1. The molecule has 0 aliphatic carbocycles. The van der Waals surface area contributed by atoms with E-state index in [2.05, 4.69) is 35.1 Å². The van der Waals surface area contributed by atoms with Crippen molar-refractivity contribution >= 4 is 50.2 Å². The van der Waals surface area contributed by atoms with Gasteiger partial charge in [-0.25, -0.2) is 4.79 Å². The highest BCUT2D eigenvalue weighted by atomic mass is 79.9. The van der Waals surface area contributed by atoms with E-state index in [1.54, 1.807) is 12.3 Å². The second-order valence-electron chi connectivity index (χ2n) is 7.53. The standard InChI is InChI=1S/C26H23BrN2O3S/c1-4-32-26(31)23-22(19-9-11-21(27)12-10-19)15-33-25(23)29-24(30)20(14-28)13-17-5-7-18(8-6-17)16(2)3/h5-13,15-16H,4H2,1-3H3,(H,29,30)/b20-13+. The molecule has 7 heteroatoms. The van der Waals surface area contributed by atoms with Gasteiger partial charge in [-0.05, 0) is 47.7 Å². The number of amides is 1. The number of hydrogen-bond donors (Lipinski definition) is 1. The van der Waals surface area contributed by atoms with Gasteiger partial charge in [-0.1, -0.05) is 66.2 Å². The smallest absolute Gasteiger partial charge is 0.341 e. The van der Waals surface area contributed by atoms with E-state index in [-0.39, 0.29) is 17.7 Å². The van der Waals surface area contributed by atoms with E-state index in [1.165, 1.54) is 23.0 Å². The van der Waals surface area contributed by atoms with Crippen molar-refractivity contribution in [1.29, 1.82) is 5.26 Å². The lowest BCUT2D eigenvalue weighted by atomic mass is 10.0. The van der Waals surface area contributed by atoms with Gasteiger partial charge in [0.15, 0.2) is 0 Å². The van der Waals surface area contributed by atoms with Crippen LogP contribution in [0.15, 0.2) is 64.0 Å². The lowest BCUT2D eigenvalue weighted by Crippen LogP contribution is -2.16. The van der Waals surface area contributed by atoms with Crippen LogP contribution in [0.1, 0.15) is 48.2 Å². The molecule has 0 bridgehead atoms. The molecule has 0 radical (unpaired) electrons. The topological polar surface area (TPSA) is 79.2 Å². The predicted molar refractivity (Wildman–Crippen MR) is 136 cm³/mol. The van der Waals surface area contributed by atoms with Gasteiger partial charge in [0.25, 0.3) is 5.91 Å². The first-order valence-electron chi connectivity index (χ1n) is 10.4. The maximum atomic E-state index is 12.9. The number of ether oxygens (including phenoxy) is 1. The first kappa shape index (κ1) is 24.4. The Bertz CT molecular complexity index is 1220. The second-order valence-corrected chi connectivity index (χ2v) is 9.32. The van der Waals surface area contributed by atoms with Crippen LogP contribution >= 0.6 is 27.3 Å². The molecule has 0 aliphatic rings. The van der Waals surface area contributed by atoms with Crippen LogP contribution in [0.3, 0.4) is 0 Å². The van der Waals surface area contributed by atoms with Gasteiger partial charge in [0.2, 0.25) is 0 Å². The summed E-state index contributed by atoms with van der Waals surface area (Å²) in [6.45, 7) is 6.13. The highest BCUT2D eigenvalue weighted by Gasteiger charge is 2.23. The van der Waals surface area contributed by atoms with Crippen molar-refractivity contribution < 1.29 is 14.3 Å². The van der Waals surface area contributed by atoms with Crippen molar-refractivity contribution in [3.63, 3.8) is 0 Å². The van der Waals surface area contributed by atoms with Gasteiger partial charge in [-0.3, -0.25) is 4.79 Å². The maximum Gasteiger partial charge on any atom is 0.341 e. The largest absolute Gasteiger partial charge is 0.462 e. The molecule has 0 spiro atoms. The molecule has 0 saturated carbocycles. The number of carbonyl (C=O) groups excluding carboxylic acids is 2. The fraction of sp³-hybridized carbons (Fsp3) is 0.192. The monoisotopic (exact) mass is 522 g/mol. The van der Waals surface area contributed by atoms with Crippen LogP contribution in [0.2, 0.25) is 0 Å². The summed E-state index contributed by atoms with van der Waals surface area (Å²) in [7, 11) is 0. The number of nitrogens with one attached hydrogen (secondary N) is 1. The molecule has 0 aliphatic heterocycles. The van der Waals surface area contributed by atoms with Crippen LogP contribution < -0.4 is 5.32 Å². The number of hydrogen-bond acceptors (Lipinski definition) is 5. The molecule has 168 valence electrons. The highest BCUT2D eigenvalue weighted by molar-refractivity contribution is 9.10. The molecule has 1 heterocycles. The van der Waals surface area contributed by atoms with Crippen LogP contribution in [0, 0.1) is 11.3 Å². The van der Waals surface area contributed by atoms with Crippen LogP contribution in [0.4, 0.5) is 5.00 Å². The Morgan fingerprint density at radius 3 is 2.39 bits per heavy atom. The number of anilines is 1. The fourth-order valence-electron chi connectivity index (χ4n) is 3.16. The molecule has 1 amide bonds. The average Bonchev–Trinajstić information content (AvgIpc) is 3.21. The minimum Gasteiger partial charge on any atom is -0.462 e. The average molecular weight is 523 g/mol. The molecular weight excluding hydrogens is 500 g/mol. The molecule has 2 aromatic carbocycles. The molecule has 1 N–H and O–H groups in total. The predicted octanol–water partition coefficient (Wildman–Crippen LogP) is 7.02. The number of halogens is 1. The van der Waals surface area contributed by atoms with E-state index in [4.69, 9.17) is 4.74 Å². The summed E-state index contributed by atoms with van der Waals surface area (Å²) < 4.78 is 6.15. The number of esters is 1. The van der Waals surface area contributed by atoms with Crippen molar-refractivity contribution in [1.82, 2.24) is 0 Å². The normalized spacial score (nSPS) is 11.2. The zero-order chi connectivity index (χ0) is 24.0. The van der Waals surface area contributed by atoms with Gasteiger partial charge < -0.3 is 10.1 Å². The van der Waals surface area contributed by atoms with Crippen LogP contribution in [-0.2, 0) is 9.53 Å². The van der Waals surface area contributed by atoms with Gasteiger partial charge in [0.1, 0.15) is 22.2 Å². The van der Waals surface area contributed by atoms with Crippen LogP contribution in [0.25, 0.3) is 17.2 Å². The molecule has 3 aromatic rings. The lowest BCUT2D eigenvalue weighted by Gasteiger charge is -2.09. The molecule has 5 nitrogen and oxygen atoms in total. The summed E-state index contributed by atoms with van der Waals surface area (Å²) in [4.78, 5) is 25.6. The summed E-state index contributed by atoms with van der Waals surface area (Å²) in [5, 5.41) is 14.4. The van der Waals surface area contributed by atoms with Crippen LogP contribution in [-0.4, -0.2) is 18.5 Å². The Morgan fingerprint density at radius 2 is 1.82 bits per heavy atom. The SMILES string of the molecule is CCOC(=O)c1c(-c2ccc(Br)cc2)csc1NC(=O)/C(C#N)=C/c1ccc(C(C)C)cc1. The number of carbonyl (C=O) groups is 2. The van der Waals surface area contributed by atoms with Crippen molar-refractivity contribution in [2.24, 2.45) is 0 Å². The van der Waals surface area contributed by atoms with Gasteiger partial charge in [0, 0.05) is 15.4 Å². The van der Waals surface area contributed by atoms with E-state index in [9.17, 15) is 14.9 Å². The van der Waals surface area contributed by atoms with E-state index in [1.807, 2.05) is 54.6 Å². The first-order chi connectivity index (χ1) is 15.8. The van der Waals surface area contributed by atoms with Crippen molar-refractivity contribution in [3.8, 4) is 17.2 Å². The third-order valence-corrected chi connectivity index (χ3v) is 6.36. The number of thiophene rings is 1.